The van der Waals surface area contributed by atoms with Gasteiger partial charge in [-0.2, -0.15) is 0 Å². The van der Waals surface area contributed by atoms with Crippen LogP contribution in [-0.4, -0.2) is 34.9 Å². The second-order valence-corrected chi connectivity index (χ2v) is 8.62. The van der Waals surface area contributed by atoms with Gasteiger partial charge in [-0.05, 0) is 49.5 Å². The van der Waals surface area contributed by atoms with Gasteiger partial charge < -0.3 is 4.90 Å². The van der Waals surface area contributed by atoms with E-state index in [0.29, 0.717) is 25.9 Å². The number of carbonyl (C=O) groups excluding carboxylic acids is 1. The summed E-state index contributed by atoms with van der Waals surface area (Å²) < 4.78 is 0.632. The van der Waals surface area contributed by atoms with Crippen LogP contribution in [0.2, 0.25) is 10.0 Å². The van der Waals surface area contributed by atoms with Crippen molar-refractivity contribution in [3.05, 3.63) is 38.7 Å². The highest BCUT2D eigenvalue weighted by Gasteiger charge is 2.34. The van der Waals surface area contributed by atoms with Gasteiger partial charge in [0.1, 0.15) is 0 Å². The van der Waals surface area contributed by atoms with Gasteiger partial charge in [0.15, 0.2) is 11.0 Å². The summed E-state index contributed by atoms with van der Waals surface area (Å²) >= 11 is 18.9. The fourth-order valence-electron chi connectivity index (χ4n) is 3.01. The van der Waals surface area contributed by atoms with Gasteiger partial charge in [0.05, 0.1) is 18.0 Å². The Labute approximate surface area is 162 Å². The van der Waals surface area contributed by atoms with Crippen LogP contribution < -0.4 is 4.90 Å². The molecule has 0 aromatic heterocycles. The minimum atomic E-state index is -0.0206. The topological polar surface area (TPSA) is 24.8 Å². The van der Waals surface area contributed by atoms with E-state index in [2.05, 4.69) is 0 Å². The molecule has 1 amide bonds. The van der Waals surface area contributed by atoms with E-state index in [0.717, 1.165) is 18.7 Å². The number of halogens is 2. The summed E-state index contributed by atoms with van der Waals surface area (Å²) in [6, 6.07) is 5.26. The number of thioether (sulfide) groups is 1. The molecule has 1 aromatic rings. The van der Waals surface area contributed by atoms with E-state index in [9.17, 15) is 4.79 Å². The van der Waals surface area contributed by atoms with Crippen LogP contribution in [0.15, 0.2) is 23.1 Å². The predicted octanol–water partition coefficient (Wildman–Crippen LogP) is 3.61. The number of hydrogen-bond donors (Lipinski definition) is 1. The SMILES string of the molecule is O=C1/C(=C/c2ccc(Cl)cc2Cl)SC(=S)N1C[NH+]1CCCCCC1. The second kappa shape index (κ2) is 8.19. The van der Waals surface area contributed by atoms with Crippen molar-refractivity contribution in [1.29, 1.82) is 0 Å². The number of benzene rings is 1. The molecule has 0 saturated carbocycles. The van der Waals surface area contributed by atoms with Gasteiger partial charge in [0.25, 0.3) is 5.91 Å². The minimum Gasteiger partial charge on any atom is -0.317 e. The van der Waals surface area contributed by atoms with E-state index in [1.165, 1.54) is 42.3 Å². The molecule has 24 heavy (non-hydrogen) atoms. The molecular formula is C17H19Cl2N2OS2+. The molecule has 3 rings (SSSR count). The van der Waals surface area contributed by atoms with E-state index in [1.807, 2.05) is 6.07 Å². The van der Waals surface area contributed by atoms with Crippen molar-refractivity contribution in [2.24, 2.45) is 0 Å². The van der Waals surface area contributed by atoms with Crippen LogP contribution in [0.4, 0.5) is 0 Å². The quantitative estimate of drug-likeness (QED) is 0.618. The van der Waals surface area contributed by atoms with Crippen molar-refractivity contribution in [3.63, 3.8) is 0 Å². The number of quaternary nitrogens is 1. The molecule has 2 aliphatic heterocycles. The van der Waals surface area contributed by atoms with Crippen LogP contribution in [0.1, 0.15) is 31.2 Å². The fraction of sp³-hybridized carbons (Fsp3) is 0.412. The predicted molar refractivity (Wildman–Crippen MR) is 106 cm³/mol. The molecule has 1 N–H and O–H groups in total. The zero-order valence-corrected chi connectivity index (χ0v) is 16.3. The molecule has 0 aliphatic carbocycles. The molecule has 0 unspecified atom stereocenters. The molecule has 7 heteroatoms. The molecule has 3 nitrogen and oxygen atoms in total. The minimum absolute atomic E-state index is 0.0206. The lowest BCUT2D eigenvalue weighted by Crippen LogP contribution is -3.13. The smallest absolute Gasteiger partial charge is 0.270 e. The van der Waals surface area contributed by atoms with Crippen molar-refractivity contribution < 1.29 is 9.69 Å². The summed E-state index contributed by atoms with van der Waals surface area (Å²) in [6.45, 7) is 2.88. The third kappa shape index (κ3) is 4.33. The van der Waals surface area contributed by atoms with Gasteiger partial charge in [0, 0.05) is 10.0 Å². The number of likely N-dealkylation sites (tertiary alicyclic amines) is 1. The highest BCUT2D eigenvalue weighted by Crippen LogP contribution is 2.33. The molecule has 0 radical (unpaired) electrons. The number of thiocarbonyl (C=S) groups is 1. The maximum absolute atomic E-state index is 12.7. The molecule has 0 spiro atoms. The first-order valence-electron chi connectivity index (χ1n) is 8.08. The van der Waals surface area contributed by atoms with Crippen molar-refractivity contribution in [1.82, 2.24) is 4.90 Å². The lowest BCUT2D eigenvalue weighted by molar-refractivity contribution is -0.906. The van der Waals surface area contributed by atoms with E-state index < -0.39 is 0 Å². The molecule has 0 bridgehead atoms. The number of amides is 1. The highest BCUT2D eigenvalue weighted by atomic mass is 35.5. The van der Waals surface area contributed by atoms with Crippen LogP contribution in [-0.2, 0) is 4.79 Å². The summed E-state index contributed by atoms with van der Waals surface area (Å²) in [4.78, 5) is 16.5. The Balaban J connectivity index is 1.74. The Morgan fingerprint density at radius 3 is 2.58 bits per heavy atom. The van der Waals surface area contributed by atoms with Gasteiger partial charge in [-0.25, -0.2) is 4.90 Å². The average Bonchev–Trinajstić information content (AvgIpc) is 2.74. The normalized spacial score (nSPS) is 21.6. The summed E-state index contributed by atoms with van der Waals surface area (Å²) in [5.74, 6) is -0.0206. The van der Waals surface area contributed by atoms with Crippen LogP contribution in [0, 0.1) is 0 Å². The second-order valence-electron chi connectivity index (χ2n) is 6.10. The number of nitrogens with one attached hydrogen (secondary N) is 1. The van der Waals surface area contributed by atoms with Crippen molar-refractivity contribution in [3.8, 4) is 0 Å². The van der Waals surface area contributed by atoms with E-state index >= 15 is 0 Å². The zero-order chi connectivity index (χ0) is 17.1. The third-order valence-electron chi connectivity index (χ3n) is 4.32. The lowest BCUT2D eigenvalue weighted by Gasteiger charge is -2.22. The van der Waals surface area contributed by atoms with Gasteiger partial charge >= 0.3 is 0 Å². The van der Waals surface area contributed by atoms with Crippen molar-refractivity contribution in [2.75, 3.05) is 19.8 Å². The van der Waals surface area contributed by atoms with Crippen LogP contribution in [0.5, 0.6) is 0 Å². The summed E-state index contributed by atoms with van der Waals surface area (Å²) in [5.41, 5.74) is 0.781. The first-order chi connectivity index (χ1) is 11.5. The number of rotatable bonds is 3. The Morgan fingerprint density at radius 1 is 1.21 bits per heavy atom. The Kier molecular flexibility index (Phi) is 6.22. The van der Waals surface area contributed by atoms with Gasteiger partial charge in [-0.3, -0.25) is 4.79 Å². The molecule has 2 saturated heterocycles. The molecule has 1 aromatic carbocycles. The Morgan fingerprint density at radius 2 is 1.92 bits per heavy atom. The van der Waals surface area contributed by atoms with Crippen LogP contribution in [0.3, 0.4) is 0 Å². The largest absolute Gasteiger partial charge is 0.317 e. The van der Waals surface area contributed by atoms with Gasteiger partial charge in [-0.15, -0.1) is 0 Å². The van der Waals surface area contributed by atoms with Gasteiger partial charge in [0.2, 0.25) is 0 Å². The van der Waals surface area contributed by atoms with E-state index in [4.69, 9.17) is 35.4 Å². The molecular weight excluding hydrogens is 383 g/mol. The highest BCUT2D eigenvalue weighted by molar-refractivity contribution is 8.26. The van der Waals surface area contributed by atoms with Crippen LogP contribution in [0.25, 0.3) is 6.08 Å². The fourth-order valence-corrected chi connectivity index (χ4v) is 4.72. The molecule has 0 atom stereocenters. The Bertz CT molecular complexity index is 685. The van der Waals surface area contributed by atoms with E-state index in [1.54, 1.807) is 23.1 Å². The zero-order valence-electron chi connectivity index (χ0n) is 13.2. The monoisotopic (exact) mass is 401 g/mol. The summed E-state index contributed by atoms with van der Waals surface area (Å²) in [6.07, 6.45) is 6.82. The Hall–Kier alpha value is -0.590. The van der Waals surface area contributed by atoms with Crippen LogP contribution >= 0.6 is 47.2 Å². The average molecular weight is 402 g/mol. The standard InChI is InChI=1S/C17H18Cl2N2OS2/c18-13-6-5-12(14(19)10-13)9-15-16(22)21(17(23)24-15)11-20-7-3-1-2-4-8-20/h5-6,9-10H,1-4,7-8,11H2/p+1/b15-9-. The maximum Gasteiger partial charge on any atom is 0.270 e. The summed E-state index contributed by atoms with van der Waals surface area (Å²) in [5, 5.41) is 1.11. The molecule has 2 fully saturated rings. The summed E-state index contributed by atoms with van der Waals surface area (Å²) in [7, 11) is 0. The molecule has 128 valence electrons. The lowest BCUT2D eigenvalue weighted by atomic mass is 10.2. The first kappa shape index (κ1) is 18.2. The van der Waals surface area contributed by atoms with Crippen molar-refractivity contribution in [2.45, 2.75) is 25.7 Å². The molecule has 2 aliphatic rings. The van der Waals surface area contributed by atoms with E-state index in [-0.39, 0.29) is 5.91 Å². The van der Waals surface area contributed by atoms with Crippen molar-refractivity contribution >= 4 is 63.5 Å². The third-order valence-corrected chi connectivity index (χ3v) is 6.26. The molecule has 2 heterocycles. The first-order valence-corrected chi connectivity index (χ1v) is 10.1. The number of nitrogens with zero attached hydrogens (tertiary/aromatic N) is 1. The number of carbonyl (C=O) groups is 1. The van der Waals surface area contributed by atoms with Gasteiger partial charge in [-0.1, -0.05) is 53.2 Å². The number of hydrogen-bond acceptors (Lipinski definition) is 3. The maximum atomic E-state index is 12.7.